The van der Waals surface area contributed by atoms with Crippen molar-refractivity contribution in [2.75, 3.05) is 23.9 Å². The number of anilines is 2. The quantitative estimate of drug-likeness (QED) is 0.615. The monoisotopic (exact) mass is 416 g/mol. The minimum absolute atomic E-state index is 0.0393. The second-order valence-corrected chi connectivity index (χ2v) is 10.1. The Labute approximate surface area is 174 Å². The molecule has 0 aliphatic carbocycles. The summed E-state index contributed by atoms with van der Waals surface area (Å²) in [6.07, 6.45) is 2.27. The number of hydrogen-bond acceptors (Lipinski definition) is 5. The van der Waals surface area contributed by atoms with Gasteiger partial charge in [-0.25, -0.2) is 8.42 Å². The Hall–Kier alpha value is -2.05. The Kier molecular flexibility index (Phi) is 6.24. The van der Waals surface area contributed by atoms with E-state index >= 15 is 0 Å². The Morgan fingerprint density at radius 3 is 2.59 bits per heavy atom. The van der Waals surface area contributed by atoms with Gasteiger partial charge < -0.3 is 16.2 Å². The Balaban J connectivity index is 2.31. The van der Waals surface area contributed by atoms with Gasteiger partial charge in [0.15, 0.2) is 9.84 Å². The van der Waals surface area contributed by atoms with Crippen LogP contribution in [0.1, 0.15) is 56.6 Å². The zero-order valence-corrected chi connectivity index (χ0v) is 18.3. The molecule has 158 valence electrons. The molecule has 0 unspecified atom stereocenters. The molecule has 0 saturated carbocycles. The number of benzene rings is 2. The fourth-order valence-electron chi connectivity index (χ4n) is 4.65. The summed E-state index contributed by atoms with van der Waals surface area (Å²) >= 11 is 0. The van der Waals surface area contributed by atoms with Crippen molar-refractivity contribution in [2.24, 2.45) is 5.41 Å². The van der Waals surface area contributed by atoms with E-state index in [1.807, 2.05) is 31.2 Å². The van der Waals surface area contributed by atoms with Gasteiger partial charge in [0, 0.05) is 29.8 Å². The van der Waals surface area contributed by atoms with E-state index in [0.29, 0.717) is 29.0 Å². The predicted molar refractivity (Wildman–Crippen MR) is 119 cm³/mol. The lowest BCUT2D eigenvalue weighted by Gasteiger charge is -2.39. The van der Waals surface area contributed by atoms with Gasteiger partial charge in [-0.05, 0) is 54.3 Å². The zero-order chi connectivity index (χ0) is 21.2. The molecule has 3 rings (SSSR count). The lowest BCUT2D eigenvalue weighted by Crippen LogP contribution is -2.42. The largest absolute Gasteiger partial charge is 0.399 e. The maximum Gasteiger partial charge on any atom is 0.179 e. The zero-order valence-electron chi connectivity index (χ0n) is 17.5. The maximum absolute atomic E-state index is 13.5. The summed E-state index contributed by atoms with van der Waals surface area (Å²) in [5.41, 5.74) is 8.25. The first-order valence-corrected chi connectivity index (χ1v) is 12.0. The Bertz CT molecular complexity index is 974. The number of fused-ring (bicyclic) bond motifs is 1. The summed E-state index contributed by atoms with van der Waals surface area (Å²) in [4.78, 5) is 0.315. The first-order valence-electron chi connectivity index (χ1n) is 10.4. The molecular formula is C23H32N2O3S. The van der Waals surface area contributed by atoms with Crippen LogP contribution in [-0.4, -0.2) is 32.4 Å². The normalized spacial score (nSPS) is 25.8. The van der Waals surface area contributed by atoms with Crippen molar-refractivity contribution in [3.8, 4) is 0 Å². The smallest absolute Gasteiger partial charge is 0.179 e. The highest BCUT2D eigenvalue weighted by Crippen LogP contribution is 2.49. The average Bonchev–Trinajstić information content (AvgIpc) is 2.77. The summed E-state index contributed by atoms with van der Waals surface area (Å²) in [7, 11) is -1.75. The van der Waals surface area contributed by atoms with Crippen LogP contribution < -0.4 is 11.1 Å². The molecule has 2 aromatic carbocycles. The van der Waals surface area contributed by atoms with Crippen LogP contribution in [0.15, 0.2) is 47.4 Å². The molecule has 0 saturated heterocycles. The second kappa shape index (κ2) is 8.36. The first kappa shape index (κ1) is 21.7. The van der Waals surface area contributed by atoms with Crippen molar-refractivity contribution in [2.45, 2.75) is 56.4 Å². The highest BCUT2D eigenvalue weighted by molar-refractivity contribution is 7.91. The van der Waals surface area contributed by atoms with E-state index < -0.39 is 27.3 Å². The minimum atomic E-state index is -3.56. The van der Waals surface area contributed by atoms with Gasteiger partial charge in [-0.2, -0.15) is 0 Å². The van der Waals surface area contributed by atoms with Gasteiger partial charge in [-0.15, -0.1) is 0 Å². The fraction of sp³-hybridized carbons (Fsp3) is 0.478. The molecule has 1 aliphatic rings. The van der Waals surface area contributed by atoms with Crippen LogP contribution in [0.25, 0.3) is 0 Å². The minimum Gasteiger partial charge on any atom is -0.399 e. The molecule has 6 heteroatoms. The molecule has 3 atom stereocenters. The van der Waals surface area contributed by atoms with Gasteiger partial charge in [0.05, 0.1) is 16.8 Å². The summed E-state index contributed by atoms with van der Waals surface area (Å²) in [6, 6.07) is 12.8. The molecule has 0 aromatic heterocycles. The van der Waals surface area contributed by atoms with Crippen LogP contribution in [0.5, 0.6) is 0 Å². The number of aliphatic hydroxyl groups is 1. The Morgan fingerprint density at radius 2 is 1.97 bits per heavy atom. The lowest BCUT2D eigenvalue weighted by molar-refractivity contribution is 0.0174. The van der Waals surface area contributed by atoms with E-state index in [1.165, 1.54) is 0 Å². The second-order valence-electron chi connectivity index (χ2n) is 8.17. The molecule has 0 amide bonds. The van der Waals surface area contributed by atoms with Crippen LogP contribution in [0, 0.1) is 5.41 Å². The number of nitrogens with one attached hydrogen (secondary N) is 1. The molecule has 2 aromatic rings. The molecule has 0 bridgehead atoms. The van der Waals surface area contributed by atoms with E-state index in [4.69, 9.17) is 5.73 Å². The average molecular weight is 417 g/mol. The van der Waals surface area contributed by atoms with E-state index in [1.54, 1.807) is 25.2 Å². The van der Waals surface area contributed by atoms with E-state index in [9.17, 15) is 13.5 Å². The van der Waals surface area contributed by atoms with Crippen molar-refractivity contribution < 1.29 is 13.5 Å². The van der Waals surface area contributed by atoms with E-state index in [2.05, 4.69) is 12.2 Å². The first-order chi connectivity index (χ1) is 13.8. The summed E-state index contributed by atoms with van der Waals surface area (Å²) in [5, 5.41) is 14.8. The SMILES string of the molecule is CCCC[C@]1(CC)CS(=O)(=O)c2ccc(NC)cc2[C@@H](c2cccc(N)c2)[C@H]1O. The molecule has 4 N–H and O–H groups in total. The molecular weight excluding hydrogens is 384 g/mol. The fourth-order valence-corrected chi connectivity index (χ4v) is 6.90. The van der Waals surface area contributed by atoms with Gasteiger partial charge in [-0.3, -0.25) is 0 Å². The van der Waals surface area contributed by atoms with Crippen LogP contribution in [0.4, 0.5) is 11.4 Å². The summed E-state index contributed by atoms with van der Waals surface area (Å²) in [5.74, 6) is -0.501. The van der Waals surface area contributed by atoms with Crippen LogP contribution in [0.2, 0.25) is 0 Å². The number of unbranched alkanes of at least 4 members (excludes halogenated alkanes) is 1. The van der Waals surface area contributed by atoms with E-state index in [-0.39, 0.29) is 5.75 Å². The number of sulfone groups is 1. The third-order valence-electron chi connectivity index (χ3n) is 6.39. The number of nitrogen functional groups attached to an aromatic ring is 1. The molecule has 0 spiro atoms. The van der Waals surface area contributed by atoms with Gasteiger partial charge in [0.25, 0.3) is 0 Å². The molecule has 29 heavy (non-hydrogen) atoms. The van der Waals surface area contributed by atoms with Crippen molar-refractivity contribution in [1.29, 1.82) is 0 Å². The lowest BCUT2D eigenvalue weighted by atomic mass is 9.69. The summed E-state index contributed by atoms with van der Waals surface area (Å²) in [6.45, 7) is 4.07. The number of nitrogens with two attached hydrogens (primary N) is 1. The third-order valence-corrected chi connectivity index (χ3v) is 8.39. The summed E-state index contributed by atoms with van der Waals surface area (Å²) < 4.78 is 26.9. The van der Waals surface area contributed by atoms with Crippen molar-refractivity contribution in [1.82, 2.24) is 0 Å². The molecule has 1 heterocycles. The standard InChI is InChI=1S/C23H32N2O3S/c1-4-6-12-23(5-2)15-29(27,28)20-11-10-18(25-3)14-19(20)21(22(23)26)16-8-7-9-17(24)13-16/h7-11,13-14,21-22,25-26H,4-6,12,15,24H2,1-3H3/t21-,22-,23-/m1/s1. The van der Waals surface area contributed by atoms with Gasteiger partial charge in [-0.1, -0.05) is 38.8 Å². The third kappa shape index (κ3) is 4.01. The highest BCUT2D eigenvalue weighted by Gasteiger charge is 2.48. The van der Waals surface area contributed by atoms with Crippen molar-refractivity contribution in [3.63, 3.8) is 0 Å². The maximum atomic E-state index is 13.5. The van der Waals surface area contributed by atoms with Crippen molar-refractivity contribution in [3.05, 3.63) is 53.6 Å². The predicted octanol–water partition coefficient (Wildman–Crippen LogP) is 4.18. The van der Waals surface area contributed by atoms with Gasteiger partial charge in [0.2, 0.25) is 0 Å². The van der Waals surface area contributed by atoms with Gasteiger partial charge >= 0.3 is 0 Å². The highest BCUT2D eigenvalue weighted by atomic mass is 32.2. The molecule has 1 aliphatic heterocycles. The topological polar surface area (TPSA) is 92.4 Å². The Morgan fingerprint density at radius 1 is 1.21 bits per heavy atom. The van der Waals surface area contributed by atoms with Crippen molar-refractivity contribution >= 4 is 21.2 Å². The number of rotatable bonds is 6. The molecule has 5 nitrogen and oxygen atoms in total. The van der Waals surface area contributed by atoms with Crippen LogP contribution in [0.3, 0.4) is 0 Å². The van der Waals surface area contributed by atoms with Gasteiger partial charge in [0.1, 0.15) is 0 Å². The van der Waals surface area contributed by atoms with E-state index in [0.717, 1.165) is 24.1 Å². The van der Waals surface area contributed by atoms with Crippen LogP contribution in [-0.2, 0) is 9.84 Å². The molecule has 0 fully saturated rings. The van der Waals surface area contributed by atoms with Crippen LogP contribution >= 0.6 is 0 Å². The number of hydrogen-bond donors (Lipinski definition) is 3. The number of aliphatic hydroxyl groups excluding tert-OH is 1. The molecule has 0 radical (unpaired) electrons.